The van der Waals surface area contributed by atoms with Gasteiger partial charge in [-0.25, -0.2) is 13.4 Å². The molecule has 0 aliphatic carbocycles. The second-order valence-corrected chi connectivity index (χ2v) is 8.38. The Labute approximate surface area is 153 Å². The lowest BCUT2D eigenvalue weighted by atomic mass is 9.99. The van der Waals surface area contributed by atoms with E-state index in [0.29, 0.717) is 17.2 Å². The SMILES string of the molecule is CC1CCN(c2ccc(NS(=O)(=O)c3ccc4c(c3)OCO4)cn2)CC1. The van der Waals surface area contributed by atoms with Gasteiger partial charge in [0.1, 0.15) is 5.82 Å². The Balaban J connectivity index is 1.48. The maximum Gasteiger partial charge on any atom is 0.262 e. The van der Waals surface area contributed by atoms with Crippen LogP contribution in [0.3, 0.4) is 0 Å². The van der Waals surface area contributed by atoms with Gasteiger partial charge in [0.05, 0.1) is 16.8 Å². The van der Waals surface area contributed by atoms with E-state index in [1.54, 1.807) is 18.3 Å². The zero-order valence-corrected chi connectivity index (χ0v) is 15.3. The van der Waals surface area contributed by atoms with Crippen molar-refractivity contribution >= 4 is 21.5 Å². The van der Waals surface area contributed by atoms with Gasteiger partial charge in [-0.15, -0.1) is 0 Å². The highest BCUT2D eigenvalue weighted by Crippen LogP contribution is 2.34. The summed E-state index contributed by atoms with van der Waals surface area (Å²) in [5, 5.41) is 0. The van der Waals surface area contributed by atoms with Crippen LogP contribution in [0.2, 0.25) is 0 Å². The third-order valence-electron chi connectivity index (χ3n) is 4.76. The Morgan fingerprint density at radius 2 is 1.88 bits per heavy atom. The molecular weight excluding hydrogens is 354 g/mol. The van der Waals surface area contributed by atoms with Crippen molar-refractivity contribution in [1.82, 2.24) is 4.98 Å². The number of ether oxygens (including phenoxy) is 2. The minimum atomic E-state index is -3.72. The number of fused-ring (bicyclic) bond motifs is 1. The molecule has 138 valence electrons. The van der Waals surface area contributed by atoms with Crippen molar-refractivity contribution in [2.45, 2.75) is 24.7 Å². The van der Waals surface area contributed by atoms with Crippen molar-refractivity contribution in [2.75, 3.05) is 29.5 Å². The van der Waals surface area contributed by atoms with Crippen LogP contribution >= 0.6 is 0 Å². The normalized spacial score (nSPS) is 17.3. The monoisotopic (exact) mass is 375 g/mol. The average Bonchev–Trinajstić information content (AvgIpc) is 3.11. The molecule has 0 bridgehead atoms. The van der Waals surface area contributed by atoms with Gasteiger partial charge in [-0.3, -0.25) is 4.72 Å². The molecule has 7 nitrogen and oxygen atoms in total. The summed E-state index contributed by atoms with van der Waals surface area (Å²) in [6.07, 6.45) is 3.86. The summed E-state index contributed by atoms with van der Waals surface area (Å²) < 4.78 is 38.2. The van der Waals surface area contributed by atoms with Gasteiger partial charge >= 0.3 is 0 Å². The highest BCUT2D eigenvalue weighted by Gasteiger charge is 2.21. The van der Waals surface area contributed by atoms with Crippen LogP contribution in [0.25, 0.3) is 0 Å². The zero-order valence-electron chi connectivity index (χ0n) is 14.5. The summed E-state index contributed by atoms with van der Waals surface area (Å²) >= 11 is 0. The van der Waals surface area contributed by atoms with Crippen LogP contribution in [0.1, 0.15) is 19.8 Å². The molecule has 0 amide bonds. The number of rotatable bonds is 4. The molecule has 2 aliphatic rings. The largest absolute Gasteiger partial charge is 0.454 e. The van der Waals surface area contributed by atoms with E-state index < -0.39 is 10.0 Å². The fourth-order valence-corrected chi connectivity index (χ4v) is 4.19. The fourth-order valence-electron chi connectivity index (χ4n) is 3.13. The predicted octanol–water partition coefficient (Wildman–Crippen LogP) is 2.85. The molecule has 1 saturated heterocycles. The van der Waals surface area contributed by atoms with Crippen LogP contribution in [-0.4, -0.2) is 33.3 Å². The van der Waals surface area contributed by atoms with Gasteiger partial charge in [0.15, 0.2) is 11.5 Å². The number of pyridine rings is 1. The van der Waals surface area contributed by atoms with Gasteiger partial charge in [0, 0.05) is 19.2 Å². The number of piperidine rings is 1. The molecule has 2 aliphatic heterocycles. The first kappa shape index (κ1) is 17.0. The summed E-state index contributed by atoms with van der Waals surface area (Å²) in [7, 11) is -3.72. The van der Waals surface area contributed by atoms with Crippen LogP contribution in [0.4, 0.5) is 11.5 Å². The number of hydrogen-bond acceptors (Lipinski definition) is 6. The van der Waals surface area contributed by atoms with Gasteiger partial charge in [0.25, 0.3) is 10.0 Å². The zero-order chi connectivity index (χ0) is 18.1. The Bertz CT molecular complexity index is 891. The third-order valence-corrected chi connectivity index (χ3v) is 6.14. The van der Waals surface area contributed by atoms with E-state index in [1.807, 2.05) is 6.07 Å². The van der Waals surface area contributed by atoms with Crippen LogP contribution in [0.5, 0.6) is 11.5 Å². The van der Waals surface area contributed by atoms with Crippen molar-refractivity contribution in [2.24, 2.45) is 5.92 Å². The van der Waals surface area contributed by atoms with E-state index in [4.69, 9.17) is 9.47 Å². The molecule has 1 N–H and O–H groups in total. The average molecular weight is 375 g/mol. The molecule has 26 heavy (non-hydrogen) atoms. The van der Waals surface area contributed by atoms with Crippen LogP contribution < -0.4 is 19.1 Å². The molecule has 2 aromatic rings. The molecule has 4 rings (SSSR count). The number of nitrogens with zero attached hydrogens (tertiary/aromatic N) is 2. The Morgan fingerprint density at radius 1 is 1.12 bits per heavy atom. The molecule has 0 saturated carbocycles. The Hall–Kier alpha value is -2.48. The lowest BCUT2D eigenvalue weighted by Gasteiger charge is -2.31. The number of nitrogens with one attached hydrogen (secondary N) is 1. The first-order chi connectivity index (χ1) is 12.5. The maximum absolute atomic E-state index is 12.6. The minimum Gasteiger partial charge on any atom is -0.454 e. The highest BCUT2D eigenvalue weighted by atomic mass is 32.2. The van der Waals surface area contributed by atoms with Crippen molar-refractivity contribution in [1.29, 1.82) is 0 Å². The van der Waals surface area contributed by atoms with Crippen molar-refractivity contribution in [3.63, 3.8) is 0 Å². The van der Waals surface area contributed by atoms with Gasteiger partial charge < -0.3 is 14.4 Å². The summed E-state index contributed by atoms with van der Waals surface area (Å²) in [5.41, 5.74) is 0.428. The topological polar surface area (TPSA) is 80.8 Å². The maximum atomic E-state index is 12.6. The van der Waals surface area contributed by atoms with Crippen molar-refractivity contribution in [3.05, 3.63) is 36.5 Å². The lowest BCUT2D eigenvalue weighted by molar-refractivity contribution is 0.174. The molecule has 1 fully saturated rings. The molecule has 0 radical (unpaired) electrons. The summed E-state index contributed by atoms with van der Waals surface area (Å²) in [6, 6.07) is 8.14. The van der Waals surface area contributed by atoms with E-state index in [2.05, 4.69) is 21.5 Å². The third kappa shape index (κ3) is 3.41. The number of aromatic nitrogens is 1. The number of benzene rings is 1. The molecule has 8 heteroatoms. The lowest BCUT2D eigenvalue weighted by Crippen LogP contribution is -2.33. The minimum absolute atomic E-state index is 0.104. The van der Waals surface area contributed by atoms with E-state index >= 15 is 0 Å². The molecule has 1 aromatic carbocycles. The first-order valence-electron chi connectivity index (χ1n) is 8.65. The van der Waals surface area contributed by atoms with Crippen LogP contribution in [0, 0.1) is 5.92 Å². The second kappa shape index (κ2) is 6.68. The standard InChI is InChI=1S/C18H21N3O4S/c1-13-6-8-21(9-7-13)18-5-2-14(11-19-18)20-26(22,23)15-3-4-16-17(10-15)25-12-24-16/h2-5,10-11,13,20H,6-9,12H2,1H3. The van der Waals surface area contributed by atoms with E-state index in [-0.39, 0.29) is 11.7 Å². The van der Waals surface area contributed by atoms with Gasteiger partial charge in [-0.05, 0) is 43.0 Å². The van der Waals surface area contributed by atoms with Gasteiger partial charge in [0.2, 0.25) is 6.79 Å². The molecule has 0 unspecified atom stereocenters. The Kier molecular flexibility index (Phi) is 4.36. The summed E-state index contributed by atoms with van der Waals surface area (Å²) in [4.78, 5) is 6.77. The number of sulfonamides is 1. The van der Waals surface area contributed by atoms with Gasteiger partial charge in [-0.1, -0.05) is 6.92 Å². The fraction of sp³-hybridized carbons (Fsp3) is 0.389. The van der Waals surface area contributed by atoms with Crippen LogP contribution in [0.15, 0.2) is 41.4 Å². The quantitative estimate of drug-likeness (QED) is 0.885. The van der Waals surface area contributed by atoms with Crippen molar-refractivity contribution in [3.8, 4) is 11.5 Å². The molecular formula is C18H21N3O4S. The smallest absolute Gasteiger partial charge is 0.262 e. The molecule has 1 aromatic heterocycles. The number of anilines is 2. The molecule has 0 atom stereocenters. The van der Waals surface area contributed by atoms with Crippen LogP contribution in [-0.2, 0) is 10.0 Å². The second-order valence-electron chi connectivity index (χ2n) is 6.70. The van der Waals surface area contributed by atoms with Gasteiger partial charge in [-0.2, -0.15) is 0 Å². The van der Waals surface area contributed by atoms with E-state index in [1.165, 1.54) is 12.1 Å². The van der Waals surface area contributed by atoms with E-state index in [9.17, 15) is 8.42 Å². The number of hydrogen-bond donors (Lipinski definition) is 1. The summed E-state index contributed by atoms with van der Waals surface area (Å²) in [6.45, 7) is 4.33. The first-order valence-corrected chi connectivity index (χ1v) is 10.1. The summed E-state index contributed by atoms with van der Waals surface area (Å²) in [5.74, 6) is 2.61. The highest BCUT2D eigenvalue weighted by molar-refractivity contribution is 7.92. The van der Waals surface area contributed by atoms with Crippen molar-refractivity contribution < 1.29 is 17.9 Å². The molecule has 0 spiro atoms. The van der Waals surface area contributed by atoms with E-state index in [0.717, 1.165) is 37.7 Å². The Morgan fingerprint density at radius 3 is 2.62 bits per heavy atom. The predicted molar refractivity (Wildman–Crippen MR) is 98.2 cm³/mol. The molecule has 3 heterocycles.